The third-order valence-electron chi connectivity index (χ3n) is 2.36. The van der Waals surface area contributed by atoms with E-state index in [1.54, 1.807) is 12.1 Å². The van der Waals surface area contributed by atoms with Gasteiger partial charge in [0.25, 0.3) is 0 Å². The highest BCUT2D eigenvalue weighted by Crippen LogP contribution is 2.30. The van der Waals surface area contributed by atoms with Gasteiger partial charge >= 0.3 is 0 Å². The second kappa shape index (κ2) is 5.45. The lowest BCUT2D eigenvalue weighted by Gasteiger charge is -2.25. The van der Waals surface area contributed by atoms with Gasteiger partial charge < -0.3 is 10.0 Å². The average Bonchev–Trinajstić information content (AvgIpc) is 2.15. The molecule has 0 aromatic heterocycles. The molecule has 0 heterocycles. The normalized spacial score (nSPS) is 13.2. The van der Waals surface area contributed by atoms with Gasteiger partial charge in [0.15, 0.2) is 0 Å². The summed E-state index contributed by atoms with van der Waals surface area (Å²) in [7, 11) is 3.67. The minimum absolute atomic E-state index is 0.00745. The van der Waals surface area contributed by atoms with Crippen LogP contribution in [0.3, 0.4) is 0 Å². The number of aliphatic hydroxyl groups is 1. The number of nitrogens with zero attached hydrogens (tertiary/aromatic N) is 1. The zero-order valence-electron chi connectivity index (χ0n) is 8.87. The van der Waals surface area contributed by atoms with E-state index in [1.807, 2.05) is 19.0 Å². The second-order valence-electron chi connectivity index (χ2n) is 3.63. The Kier molecular flexibility index (Phi) is 4.51. The highest BCUT2D eigenvalue weighted by Gasteiger charge is 2.20. The SMILES string of the molecule is CN(C)C(CCO)c1c(F)cccc1Cl. The van der Waals surface area contributed by atoms with Gasteiger partial charge in [-0.3, -0.25) is 0 Å². The highest BCUT2D eigenvalue weighted by molar-refractivity contribution is 6.31. The quantitative estimate of drug-likeness (QED) is 0.861. The van der Waals surface area contributed by atoms with Crippen LogP contribution in [-0.2, 0) is 0 Å². The molecule has 0 amide bonds. The summed E-state index contributed by atoms with van der Waals surface area (Å²) in [6, 6.07) is 4.43. The van der Waals surface area contributed by atoms with Crippen molar-refractivity contribution >= 4 is 11.6 Å². The van der Waals surface area contributed by atoms with Crippen molar-refractivity contribution < 1.29 is 9.50 Å². The van der Waals surface area contributed by atoms with Crippen molar-refractivity contribution in [2.75, 3.05) is 20.7 Å². The van der Waals surface area contributed by atoms with E-state index in [1.165, 1.54) is 6.07 Å². The Balaban J connectivity index is 3.10. The molecule has 1 unspecified atom stereocenters. The lowest BCUT2D eigenvalue weighted by Crippen LogP contribution is -2.22. The van der Waals surface area contributed by atoms with E-state index in [-0.39, 0.29) is 18.5 Å². The molecule has 1 aromatic rings. The van der Waals surface area contributed by atoms with E-state index in [0.29, 0.717) is 17.0 Å². The molecule has 0 fully saturated rings. The van der Waals surface area contributed by atoms with Crippen LogP contribution in [0.1, 0.15) is 18.0 Å². The van der Waals surface area contributed by atoms with Crippen LogP contribution in [0.15, 0.2) is 18.2 Å². The molecule has 2 nitrogen and oxygen atoms in total. The van der Waals surface area contributed by atoms with Crippen LogP contribution in [-0.4, -0.2) is 30.7 Å². The van der Waals surface area contributed by atoms with Crippen LogP contribution < -0.4 is 0 Å². The molecule has 4 heteroatoms. The van der Waals surface area contributed by atoms with Crippen LogP contribution in [0.25, 0.3) is 0 Å². The molecule has 0 saturated heterocycles. The Bertz CT molecular complexity index is 310. The first kappa shape index (κ1) is 12.4. The van der Waals surface area contributed by atoms with Gasteiger partial charge in [-0.25, -0.2) is 4.39 Å². The number of rotatable bonds is 4. The van der Waals surface area contributed by atoms with Crippen molar-refractivity contribution in [2.24, 2.45) is 0 Å². The highest BCUT2D eigenvalue weighted by atomic mass is 35.5. The zero-order chi connectivity index (χ0) is 11.4. The summed E-state index contributed by atoms with van der Waals surface area (Å²) in [6.45, 7) is 0.00745. The van der Waals surface area contributed by atoms with Gasteiger partial charge in [0.2, 0.25) is 0 Å². The van der Waals surface area contributed by atoms with Crippen molar-refractivity contribution in [2.45, 2.75) is 12.5 Å². The maximum atomic E-state index is 13.6. The molecule has 0 bridgehead atoms. The van der Waals surface area contributed by atoms with Gasteiger partial charge in [0.1, 0.15) is 5.82 Å². The molecule has 0 radical (unpaired) electrons. The number of halogens is 2. The number of benzene rings is 1. The van der Waals surface area contributed by atoms with Crippen molar-refractivity contribution in [3.05, 3.63) is 34.6 Å². The van der Waals surface area contributed by atoms with Crippen LogP contribution in [0.2, 0.25) is 5.02 Å². The molecule has 15 heavy (non-hydrogen) atoms. The maximum Gasteiger partial charge on any atom is 0.129 e. The predicted octanol–water partition coefficient (Wildman–Crippen LogP) is 2.46. The Hall–Kier alpha value is -0.640. The Morgan fingerprint density at radius 1 is 1.47 bits per heavy atom. The van der Waals surface area contributed by atoms with Gasteiger partial charge in [-0.1, -0.05) is 17.7 Å². The number of hydrogen-bond donors (Lipinski definition) is 1. The van der Waals surface area contributed by atoms with Crippen molar-refractivity contribution in [3.8, 4) is 0 Å². The summed E-state index contributed by atoms with van der Waals surface area (Å²) in [5.41, 5.74) is 0.457. The molecule has 1 rings (SSSR count). The third-order valence-corrected chi connectivity index (χ3v) is 2.69. The monoisotopic (exact) mass is 231 g/mol. The fourth-order valence-electron chi connectivity index (χ4n) is 1.61. The van der Waals surface area contributed by atoms with Gasteiger partial charge in [-0.2, -0.15) is 0 Å². The van der Waals surface area contributed by atoms with Crippen LogP contribution >= 0.6 is 11.6 Å². The molecular weight excluding hydrogens is 217 g/mol. The smallest absolute Gasteiger partial charge is 0.129 e. The number of aliphatic hydroxyl groups excluding tert-OH is 1. The van der Waals surface area contributed by atoms with Crippen LogP contribution in [0, 0.1) is 5.82 Å². The van der Waals surface area contributed by atoms with E-state index in [9.17, 15) is 4.39 Å². The molecule has 0 aliphatic heterocycles. The largest absolute Gasteiger partial charge is 0.396 e. The fraction of sp³-hybridized carbons (Fsp3) is 0.455. The van der Waals surface area contributed by atoms with Gasteiger partial charge in [0.05, 0.1) is 0 Å². The summed E-state index contributed by atoms with van der Waals surface area (Å²) in [5.74, 6) is -0.324. The van der Waals surface area contributed by atoms with E-state index in [4.69, 9.17) is 16.7 Å². The van der Waals surface area contributed by atoms with Gasteiger partial charge in [0, 0.05) is 23.2 Å². The molecular formula is C11H15ClFNO. The van der Waals surface area contributed by atoms with Gasteiger partial charge in [-0.15, -0.1) is 0 Å². The first-order valence-corrected chi connectivity index (χ1v) is 5.17. The Morgan fingerprint density at radius 3 is 2.60 bits per heavy atom. The summed E-state index contributed by atoms with van der Waals surface area (Å²) in [4.78, 5) is 1.85. The van der Waals surface area contributed by atoms with E-state index in [0.717, 1.165) is 0 Å². The summed E-state index contributed by atoms with van der Waals surface area (Å²) >= 11 is 5.96. The Morgan fingerprint density at radius 2 is 2.13 bits per heavy atom. The topological polar surface area (TPSA) is 23.5 Å². The zero-order valence-corrected chi connectivity index (χ0v) is 9.63. The van der Waals surface area contributed by atoms with Crippen molar-refractivity contribution in [1.82, 2.24) is 4.90 Å². The molecule has 0 aliphatic carbocycles. The predicted molar refractivity (Wildman–Crippen MR) is 59.5 cm³/mol. The summed E-state index contributed by atoms with van der Waals surface area (Å²) in [6.07, 6.45) is 0.466. The summed E-state index contributed by atoms with van der Waals surface area (Å²) < 4.78 is 13.6. The lowest BCUT2D eigenvalue weighted by atomic mass is 10.0. The standard InChI is InChI=1S/C11H15ClFNO/c1-14(2)10(6-7-15)11-8(12)4-3-5-9(11)13/h3-5,10,15H,6-7H2,1-2H3. The minimum atomic E-state index is -0.324. The minimum Gasteiger partial charge on any atom is -0.396 e. The molecule has 84 valence electrons. The van der Waals surface area contributed by atoms with E-state index < -0.39 is 0 Å². The molecule has 0 spiro atoms. The fourth-order valence-corrected chi connectivity index (χ4v) is 1.90. The second-order valence-corrected chi connectivity index (χ2v) is 4.03. The maximum absolute atomic E-state index is 13.6. The third kappa shape index (κ3) is 2.91. The first-order valence-electron chi connectivity index (χ1n) is 4.79. The van der Waals surface area contributed by atoms with E-state index >= 15 is 0 Å². The molecule has 0 aliphatic rings. The van der Waals surface area contributed by atoms with Crippen LogP contribution in [0.4, 0.5) is 4.39 Å². The molecule has 1 N–H and O–H groups in total. The summed E-state index contributed by atoms with van der Waals surface area (Å²) in [5, 5.41) is 9.34. The first-order chi connectivity index (χ1) is 7.07. The Labute approximate surface area is 94.3 Å². The molecule has 1 atom stereocenters. The molecule has 1 aromatic carbocycles. The van der Waals surface area contributed by atoms with Crippen LogP contribution in [0.5, 0.6) is 0 Å². The number of hydrogen-bond acceptors (Lipinski definition) is 2. The van der Waals surface area contributed by atoms with Crippen molar-refractivity contribution in [1.29, 1.82) is 0 Å². The molecule has 0 saturated carbocycles. The lowest BCUT2D eigenvalue weighted by molar-refractivity contribution is 0.207. The van der Waals surface area contributed by atoms with E-state index in [2.05, 4.69) is 0 Å². The van der Waals surface area contributed by atoms with Gasteiger partial charge in [-0.05, 0) is 32.6 Å². The van der Waals surface area contributed by atoms with Crippen molar-refractivity contribution in [3.63, 3.8) is 0 Å². The average molecular weight is 232 g/mol.